The second-order valence-electron chi connectivity index (χ2n) is 5.77. The monoisotopic (exact) mass is 328 g/mol. The van der Waals surface area contributed by atoms with E-state index in [1.807, 2.05) is 36.5 Å². The van der Waals surface area contributed by atoms with E-state index in [0.717, 1.165) is 11.1 Å². The SMILES string of the molecule is Cc1cccc(CN2CCCC[C@H](NC(=O)C(F)(F)F)C2=O)c1. The molecule has 1 saturated heterocycles. The molecule has 4 nitrogen and oxygen atoms in total. The van der Waals surface area contributed by atoms with E-state index in [9.17, 15) is 22.8 Å². The maximum Gasteiger partial charge on any atom is 0.471 e. The number of carbonyl (C=O) groups excluding carboxylic acids is 2. The number of likely N-dealkylation sites (tertiary alicyclic amines) is 1. The van der Waals surface area contributed by atoms with E-state index >= 15 is 0 Å². The van der Waals surface area contributed by atoms with Gasteiger partial charge in [-0.25, -0.2) is 0 Å². The predicted octanol–water partition coefficient (Wildman–Crippen LogP) is 2.55. The van der Waals surface area contributed by atoms with Gasteiger partial charge in [0.05, 0.1) is 0 Å². The molecular formula is C16H19F3N2O2. The Morgan fingerprint density at radius 2 is 2.09 bits per heavy atom. The Kier molecular flexibility index (Phi) is 5.28. The molecule has 0 aliphatic carbocycles. The number of amides is 2. The van der Waals surface area contributed by atoms with Gasteiger partial charge in [-0.1, -0.05) is 29.8 Å². The summed E-state index contributed by atoms with van der Waals surface area (Å²) >= 11 is 0. The van der Waals surface area contributed by atoms with Gasteiger partial charge in [-0.3, -0.25) is 9.59 Å². The lowest BCUT2D eigenvalue weighted by Gasteiger charge is -2.25. The van der Waals surface area contributed by atoms with Crippen LogP contribution in [0.15, 0.2) is 24.3 Å². The van der Waals surface area contributed by atoms with Crippen LogP contribution < -0.4 is 5.32 Å². The number of hydrogen-bond donors (Lipinski definition) is 1. The van der Waals surface area contributed by atoms with E-state index in [1.165, 1.54) is 4.90 Å². The van der Waals surface area contributed by atoms with Gasteiger partial charge in [-0.2, -0.15) is 13.2 Å². The highest BCUT2D eigenvalue weighted by Crippen LogP contribution is 2.19. The lowest BCUT2D eigenvalue weighted by molar-refractivity contribution is -0.175. The molecule has 7 heteroatoms. The third kappa shape index (κ3) is 4.71. The van der Waals surface area contributed by atoms with E-state index < -0.39 is 24.0 Å². The summed E-state index contributed by atoms with van der Waals surface area (Å²) in [7, 11) is 0. The molecular weight excluding hydrogens is 309 g/mol. The van der Waals surface area contributed by atoms with Crippen LogP contribution in [0.4, 0.5) is 13.2 Å². The van der Waals surface area contributed by atoms with Crippen LogP contribution in [-0.4, -0.2) is 35.5 Å². The zero-order chi connectivity index (χ0) is 17.0. The molecule has 0 bridgehead atoms. The van der Waals surface area contributed by atoms with Crippen LogP contribution in [0.3, 0.4) is 0 Å². The Morgan fingerprint density at radius 1 is 1.35 bits per heavy atom. The smallest absolute Gasteiger partial charge is 0.337 e. The molecule has 23 heavy (non-hydrogen) atoms. The number of alkyl halides is 3. The molecule has 126 valence electrons. The fraction of sp³-hybridized carbons (Fsp3) is 0.500. The van der Waals surface area contributed by atoms with Crippen molar-refractivity contribution in [2.45, 2.75) is 44.9 Å². The maximum absolute atomic E-state index is 12.4. The Morgan fingerprint density at radius 3 is 2.74 bits per heavy atom. The molecule has 0 unspecified atom stereocenters. The quantitative estimate of drug-likeness (QED) is 0.927. The van der Waals surface area contributed by atoms with Gasteiger partial charge in [0, 0.05) is 13.1 Å². The largest absolute Gasteiger partial charge is 0.471 e. The van der Waals surface area contributed by atoms with Gasteiger partial charge in [-0.15, -0.1) is 0 Å². The highest BCUT2D eigenvalue weighted by atomic mass is 19.4. The Hall–Kier alpha value is -2.05. The summed E-state index contributed by atoms with van der Waals surface area (Å²) in [5.74, 6) is -2.52. The van der Waals surface area contributed by atoms with E-state index in [1.54, 1.807) is 0 Å². The molecule has 1 heterocycles. The molecule has 2 amide bonds. The van der Waals surface area contributed by atoms with Crippen molar-refractivity contribution >= 4 is 11.8 Å². The van der Waals surface area contributed by atoms with Gasteiger partial charge < -0.3 is 10.2 Å². The van der Waals surface area contributed by atoms with Crippen LogP contribution in [0.1, 0.15) is 30.4 Å². The first kappa shape index (κ1) is 17.3. The normalized spacial score (nSPS) is 19.4. The summed E-state index contributed by atoms with van der Waals surface area (Å²) < 4.78 is 37.2. The molecule has 0 spiro atoms. The van der Waals surface area contributed by atoms with Gasteiger partial charge in [-0.05, 0) is 31.7 Å². The van der Waals surface area contributed by atoms with Crippen LogP contribution in [0.5, 0.6) is 0 Å². The van der Waals surface area contributed by atoms with Gasteiger partial charge >= 0.3 is 12.1 Å². The number of benzene rings is 1. The van der Waals surface area contributed by atoms with Crippen molar-refractivity contribution in [3.8, 4) is 0 Å². The van der Waals surface area contributed by atoms with Gasteiger partial charge in [0.25, 0.3) is 0 Å². The van der Waals surface area contributed by atoms with Crippen molar-refractivity contribution in [3.63, 3.8) is 0 Å². The number of nitrogens with one attached hydrogen (secondary N) is 1. The highest BCUT2D eigenvalue weighted by Gasteiger charge is 2.41. The predicted molar refractivity (Wildman–Crippen MR) is 78.4 cm³/mol. The van der Waals surface area contributed by atoms with Crippen LogP contribution in [-0.2, 0) is 16.1 Å². The molecule has 1 aliphatic heterocycles. The Balaban J connectivity index is 2.08. The number of hydrogen-bond acceptors (Lipinski definition) is 2. The van der Waals surface area contributed by atoms with Gasteiger partial charge in [0.2, 0.25) is 5.91 Å². The second-order valence-corrected chi connectivity index (χ2v) is 5.77. The molecule has 0 radical (unpaired) electrons. The minimum absolute atomic E-state index is 0.227. The average molecular weight is 328 g/mol. The van der Waals surface area contributed by atoms with Crippen molar-refractivity contribution in [2.24, 2.45) is 0 Å². The van der Waals surface area contributed by atoms with Gasteiger partial charge in [0.15, 0.2) is 0 Å². The second kappa shape index (κ2) is 7.02. The summed E-state index contributed by atoms with van der Waals surface area (Å²) in [5.41, 5.74) is 1.97. The number of aryl methyl sites for hydroxylation is 1. The standard InChI is InChI=1S/C16H19F3N2O2/c1-11-5-4-6-12(9-11)10-21-8-3-2-7-13(14(21)22)20-15(23)16(17,18)19/h4-6,9,13H,2-3,7-8,10H2,1H3,(H,20,23)/t13-/m0/s1. The van der Waals surface area contributed by atoms with Gasteiger partial charge in [0.1, 0.15) is 6.04 Å². The van der Waals surface area contributed by atoms with E-state index in [2.05, 4.69) is 0 Å². The van der Waals surface area contributed by atoms with Crippen LogP contribution in [0, 0.1) is 6.92 Å². The Labute approximate surface area is 132 Å². The van der Waals surface area contributed by atoms with Crippen LogP contribution in [0.25, 0.3) is 0 Å². The fourth-order valence-corrected chi connectivity index (χ4v) is 2.67. The zero-order valence-electron chi connectivity index (χ0n) is 12.8. The molecule has 2 rings (SSSR count). The summed E-state index contributed by atoms with van der Waals surface area (Å²) in [6.45, 7) is 2.74. The molecule has 1 aromatic carbocycles. The third-order valence-electron chi connectivity index (χ3n) is 3.80. The number of carbonyl (C=O) groups is 2. The fourth-order valence-electron chi connectivity index (χ4n) is 2.67. The molecule has 1 aromatic rings. The molecule has 1 fully saturated rings. The topological polar surface area (TPSA) is 49.4 Å². The molecule has 1 N–H and O–H groups in total. The minimum Gasteiger partial charge on any atom is -0.337 e. The summed E-state index contributed by atoms with van der Waals surface area (Å²) in [6.07, 6.45) is -3.45. The first-order valence-corrected chi connectivity index (χ1v) is 7.49. The number of nitrogens with zero attached hydrogens (tertiary/aromatic N) is 1. The zero-order valence-corrected chi connectivity index (χ0v) is 12.8. The van der Waals surface area contributed by atoms with Crippen molar-refractivity contribution in [3.05, 3.63) is 35.4 Å². The van der Waals surface area contributed by atoms with Crippen LogP contribution >= 0.6 is 0 Å². The molecule has 1 atom stereocenters. The van der Waals surface area contributed by atoms with Crippen molar-refractivity contribution in [2.75, 3.05) is 6.54 Å². The van der Waals surface area contributed by atoms with E-state index in [4.69, 9.17) is 0 Å². The summed E-state index contributed by atoms with van der Waals surface area (Å²) in [5, 5.41) is 1.82. The van der Waals surface area contributed by atoms with Crippen molar-refractivity contribution in [1.29, 1.82) is 0 Å². The van der Waals surface area contributed by atoms with E-state index in [-0.39, 0.29) is 6.42 Å². The average Bonchev–Trinajstić information content (AvgIpc) is 2.62. The van der Waals surface area contributed by atoms with Crippen molar-refractivity contribution < 1.29 is 22.8 Å². The summed E-state index contributed by atoms with van der Waals surface area (Å²) in [4.78, 5) is 25.1. The molecule has 1 aliphatic rings. The van der Waals surface area contributed by atoms with E-state index in [0.29, 0.717) is 25.9 Å². The minimum atomic E-state index is -4.98. The molecule has 0 aromatic heterocycles. The Bertz CT molecular complexity index is 587. The van der Waals surface area contributed by atoms with Crippen molar-refractivity contribution in [1.82, 2.24) is 10.2 Å². The third-order valence-corrected chi connectivity index (χ3v) is 3.80. The lowest BCUT2D eigenvalue weighted by Crippen LogP contribution is -2.50. The summed E-state index contributed by atoms with van der Waals surface area (Å²) in [6, 6.07) is 6.49. The maximum atomic E-state index is 12.4. The number of halogens is 3. The lowest BCUT2D eigenvalue weighted by atomic mass is 10.1. The first-order valence-electron chi connectivity index (χ1n) is 7.49. The molecule has 0 saturated carbocycles. The highest BCUT2D eigenvalue weighted by molar-refractivity contribution is 5.89. The first-order chi connectivity index (χ1) is 10.8. The number of rotatable bonds is 3. The van der Waals surface area contributed by atoms with Crippen LogP contribution in [0.2, 0.25) is 0 Å².